The van der Waals surface area contributed by atoms with Crippen molar-refractivity contribution in [3.05, 3.63) is 34.9 Å². The predicted molar refractivity (Wildman–Crippen MR) is 90.5 cm³/mol. The van der Waals surface area contributed by atoms with Crippen LogP contribution in [0.4, 0.5) is 0 Å². The number of nitrogens with one attached hydrogen (secondary N) is 1. The molecule has 1 amide bonds. The second-order valence-electron chi connectivity index (χ2n) is 5.27. The average molecular weight is 348 g/mol. The fourth-order valence-electron chi connectivity index (χ4n) is 2.46. The van der Waals surface area contributed by atoms with Gasteiger partial charge in [-0.3, -0.25) is 9.69 Å². The zero-order chi connectivity index (χ0) is 15.2. The molecule has 124 valence electrons. The standard InChI is InChI=1S/C15H22ClN3O2.ClH/c1-11(13-4-2-3-5-14(13)16)18-15(20)10-19-6-7-21-12(8-17)9-19;/h2-5,11-12H,6-10,17H2,1H3,(H,18,20);1H. The van der Waals surface area contributed by atoms with E-state index in [-0.39, 0.29) is 30.5 Å². The smallest absolute Gasteiger partial charge is 0.234 e. The minimum absolute atomic E-state index is 0. The highest BCUT2D eigenvalue weighted by Gasteiger charge is 2.22. The van der Waals surface area contributed by atoms with Gasteiger partial charge in [0.15, 0.2) is 0 Å². The molecule has 2 rings (SSSR count). The summed E-state index contributed by atoms with van der Waals surface area (Å²) >= 11 is 6.14. The zero-order valence-corrected chi connectivity index (χ0v) is 14.2. The van der Waals surface area contributed by atoms with Crippen molar-refractivity contribution in [1.82, 2.24) is 10.2 Å². The Labute approximate surface area is 142 Å². The van der Waals surface area contributed by atoms with E-state index < -0.39 is 0 Å². The Morgan fingerprint density at radius 3 is 2.95 bits per heavy atom. The number of benzene rings is 1. The number of nitrogens with two attached hydrogens (primary N) is 1. The van der Waals surface area contributed by atoms with Crippen LogP contribution in [0.3, 0.4) is 0 Å². The van der Waals surface area contributed by atoms with E-state index in [1.807, 2.05) is 31.2 Å². The van der Waals surface area contributed by atoms with Gasteiger partial charge in [0.05, 0.1) is 25.3 Å². The van der Waals surface area contributed by atoms with Crippen LogP contribution in [0.5, 0.6) is 0 Å². The number of hydrogen-bond donors (Lipinski definition) is 2. The third kappa shape index (κ3) is 5.41. The average Bonchev–Trinajstić information content (AvgIpc) is 2.47. The van der Waals surface area contributed by atoms with E-state index in [9.17, 15) is 4.79 Å². The summed E-state index contributed by atoms with van der Waals surface area (Å²) in [5.41, 5.74) is 6.53. The Bertz CT molecular complexity index is 488. The van der Waals surface area contributed by atoms with Gasteiger partial charge in [-0.1, -0.05) is 29.8 Å². The maximum absolute atomic E-state index is 12.1. The molecule has 0 saturated carbocycles. The number of halogens is 2. The van der Waals surface area contributed by atoms with E-state index in [0.717, 1.165) is 12.1 Å². The normalized spacial score (nSPS) is 20.0. The molecule has 0 aromatic heterocycles. The van der Waals surface area contributed by atoms with Gasteiger partial charge in [0.2, 0.25) is 5.91 Å². The quantitative estimate of drug-likeness (QED) is 0.848. The first kappa shape index (κ1) is 19.2. The highest BCUT2D eigenvalue weighted by atomic mass is 35.5. The molecule has 0 aliphatic carbocycles. The zero-order valence-electron chi connectivity index (χ0n) is 12.6. The van der Waals surface area contributed by atoms with Crippen molar-refractivity contribution < 1.29 is 9.53 Å². The molecule has 0 spiro atoms. The number of carbonyl (C=O) groups excluding carboxylic acids is 1. The largest absolute Gasteiger partial charge is 0.374 e. The van der Waals surface area contributed by atoms with Crippen LogP contribution >= 0.6 is 24.0 Å². The number of rotatable bonds is 5. The van der Waals surface area contributed by atoms with Crippen LogP contribution < -0.4 is 11.1 Å². The maximum atomic E-state index is 12.1. The lowest BCUT2D eigenvalue weighted by molar-refractivity contribution is -0.124. The van der Waals surface area contributed by atoms with Crippen LogP contribution in [0.25, 0.3) is 0 Å². The van der Waals surface area contributed by atoms with Gasteiger partial charge in [0, 0.05) is 24.7 Å². The predicted octanol–water partition coefficient (Wildman–Crippen LogP) is 1.60. The van der Waals surface area contributed by atoms with Gasteiger partial charge in [-0.15, -0.1) is 12.4 Å². The molecule has 1 heterocycles. The Kier molecular flexibility index (Phi) is 8.14. The number of nitrogens with zero attached hydrogens (tertiary/aromatic N) is 1. The van der Waals surface area contributed by atoms with Gasteiger partial charge >= 0.3 is 0 Å². The van der Waals surface area contributed by atoms with Crippen molar-refractivity contribution in [1.29, 1.82) is 0 Å². The lowest BCUT2D eigenvalue weighted by atomic mass is 10.1. The Morgan fingerprint density at radius 1 is 1.55 bits per heavy atom. The van der Waals surface area contributed by atoms with Crippen LogP contribution in [0.15, 0.2) is 24.3 Å². The highest BCUT2D eigenvalue weighted by Crippen LogP contribution is 2.21. The van der Waals surface area contributed by atoms with Gasteiger partial charge in [0.25, 0.3) is 0 Å². The van der Waals surface area contributed by atoms with Crippen molar-refractivity contribution >= 4 is 29.9 Å². The topological polar surface area (TPSA) is 67.6 Å². The summed E-state index contributed by atoms with van der Waals surface area (Å²) in [6.45, 7) is 4.84. The van der Waals surface area contributed by atoms with Gasteiger partial charge in [0.1, 0.15) is 0 Å². The number of morpholine rings is 1. The lowest BCUT2D eigenvalue weighted by Crippen LogP contribution is -2.49. The van der Waals surface area contributed by atoms with E-state index >= 15 is 0 Å². The van der Waals surface area contributed by atoms with E-state index in [1.165, 1.54) is 0 Å². The first-order valence-corrected chi connectivity index (χ1v) is 7.55. The third-order valence-electron chi connectivity index (χ3n) is 3.60. The second kappa shape index (κ2) is 9.33. The highest BCUT2D eigenvalue weighted by molar-refractivity contribution is 6.31. The monoisotopic (exact) mass is 347 g/mol. The van der Waals surface area contributed by atoms with Crippen LogP contribution in [0.2, 0.25) is 5.02 Å². The van der Waals surface area contributed by atoms with Crippen LogP contribution in [0.1, 0.15) is 18.5 Å². The lowest BCUT2D eigenvalue weighted by Gasteiger charge is -2.32. The molecular weight excluding hydrogens is 325 g/mol. The number of amides is 1. The molecule has 2 unspecified atom stereocenters. The molecule has 5 nitrogen and oxygen atoms in total. The van der Waals surface area contributed by atoms with E-state index in [1.54, 1.807) is 0 Å². The van der Waals surface area contributed by atoms with Crippen molar-refractivity contribution in [2.45, 2.75) is 19.1 Å². The molecule has 0 radical (unpaired) electrons. The van der Waals surface area contributed by atoms with Gasteiger partial charge in [-0.25, -0.2) is 0 Å². The summed E-state index contributed by atoms with van der Waals surface area (Å²) in [7, 11) is 0. The minimum Gasteiger partial charge on any atom is -0.374 e. The maximum Gasteiger partial charge on any atom is 0.234 e. The fourth-order valence-corrected chi connectivity index (χ4v) is 2.76. The molecule has 22 heavy (non-hydrogen) atoms. The molecule has 1 saturated heterocycles. The Morgan fingerprint density at radius 2 is 2.27 bits per heavy atom. The molecule has 7 heteroatoms. The second-order valence-corrected chi connectivity index (χ2v) is 5.68. The molecule has 1 aromatic carbocycles. The van der Waals surface area contributed by atoms with Gasteiger partial charge < -0.3 is 15.8 Å². The Hall–Kier alpha value is -0.850. The Balaban J connectivity index is 0.00000242. The number of ether oxygens (including phenoxy) is 1. The fraction of sp³-hybridized carbons (Fsp3) is 0.533. The summed E-state index contributed by atoms with van der Waals surface area (Å²) < 4.78 is 5.49. The van der Waals surface area contributed by atoms with Gasteiger partial charge in [-0.05, 0) is 18.6 Å². The van der Waals surface area contributed by atoms with Crippen LogP contribution in [-0.4, -0.2) is 49.7 Å². The molecule has 1 aliphatic heterocycles. The molecule has 0 bridgehead atoms. The SMILES string of the molecule is CC(NC(=O)CN1CCOC(CN)C1)c1ccccc1Cl.Cl. The first-order valence-electron chi connectivity index (χ1n) is 7.18. The van der Waals surface area contributed by atoms with E-state index in [2.05, 4.69) is 10.2 Å². The third-order valence-corrected chi connectivity index (χ3v) is 3.95. The van der Waals surface area contributed by atoms with Crippen molar-refractivity contribution in [2.75, 3.05) is 32.8 Å². The summed E-state index contributed by atoms with van der Waals surface area (Å²) in [6, 6.07) is 7.43. The van der Waals surface area contributed by atoms with Crippen LogP contribution in [-0.2, 0) is 9.53 Å². The van der Waals surface area contributed by atoms with Crippen LogP contribution in [0, 0.1) is 0 Å². The molecule has 3 N–H and O–H groups in total. The van der Waals surface area contributed by atoms with E-state index in [4.69, 9.17) is 22.1 Å². The number of hydrogen-bond acceptors (Lipinski definition) is 4. The first-order chi connectivity index (χ1) is 10.1. The van der Waals surface area contributed by atoms with Crippen molar-refractivity contribution in [2.24, 2.45) is 5.73 Å². The van der Waals surface area contributed by atoms with Crippen molar-refractivity contribution in [3.8, 4) is 0 Å². The minimum atomic E-state index is -0.113. The number of carbonyl (C=O) groups is 1. The summed E-state index contributed by atoms with van der Waals surface area (Å²) in [5, 5.41) is 3.65. The van der Waals surface area contributed by atoms with Crippen molar-refractivity contribution in [3.63, 3.8) is 0 Å². The molecule has 1 aromatic rings. The summed E-state index contributed by atoms with van der Waals surface area (Å²) in [4.78, 5) is 14.2. The molecular formula is C15H23Cl2N3O2. The summed E-state index contributed by atoms with van der Waals surface area (Å²) in [6.07, 6.45) is 0.0209. The van der Waals surface area contributed by atoms with Gasteiger partial charge in [-0.2, -0.15) is 0 Å². The summed E-state index contributed by atoms with van der Waals surface area (Å²) in [5.74, 6) is -0.0138. The molecule has 1 fully saturated rings. The molecule has 1 aliphatic rings. The van der Waals surface area contributed by atoms with E-state index in [0.29, 0.717) is 31.3 Å². The molecule has 2 atom stereocenters.